The van der Waals surface area contributed by atoms with E-state index in [0.29, 0.717) is 0 Å². The number of furan rings is 1. The Balaban J connectivity index is 0.000000161. The Morgan fingerprint density at radius 3 is 2.02 bits per heavy atom. The van der Waals surface area contributed by atoms with Crippen molar-refractivity contribution in [3.8, 4) is 50.8 Å². The smallest absolute Gasteiger partial charge is 0.124 e. The van der Waals surface area contributed by atoms with Crippen LogP contribution in [0.2, 0.25) is 0 Å². The quantitative estimate of drug-likeness (QED) is 0.181. The molecular weight excluding hydrogens is 735 g/mol. The first-order valence-corrected chi connectivity index (χ1v) is 14.2. The van der Waals surface area contributed by atoms with Crippen LogP contribution in [0.25, 0.3) is 67.0 Å². The molecule has 219 valence electrons. The summed E-state index contributed by atoms with van der Waals surface area (Å²) in [6.45, 7) is 0. The molecule has 8 rings (SSSR count). The summed E-state index contributed by atoms with van der Waals surface area (Å²) in [4.78, 5) is 13.5. The Hall–Kier alpha value is -5.42. The first kappa shape index (κ1) is 29.6. The van der Waals surface area contributed by atoms with Gasteiger partial charge in [-0.2, -0.15) is 0 Å². The number of para-hydroxylation sites is 2. The average Bonchev–Trinajstić information content (AvgIpc) is 3.48. The van der Waals surface area contributed by atoms with Gasteiger partial charge in [0.05, 0.1) is 11.3 Å². The van der Waals surface area contributed by atoms with Crippen LogP contribution in [0.1, 0.15) is 0 Å². The van der Waals surface area contributed by atoms with Crippen molar-refractivity contribution in [2.45, 2.75) is 0 Å². The third-order valence-electron chi connectivity index (χ3n) is 7.19. The van der Waals surface area contributed by atoms with Crippen LogP contribution in [-0.4, -0.2) is 20.1 Å². The standard InChI is InChI=1S/C22H13N2O.C17H12NO.Ir/c1-2-10-21-16(7-1)17-13-15(19-8-3-5-11-23-19)14-18(22(17)25-21)20-9-4-6-12-24-20;19-17-12-5-4-9-14(17)16-11-6-10-15(18-16)13-7-2-1-3-8-13;/h1-13H;1-7,9-12,19H;/q2*-1;. The Morgan fingerprint density at radius 2 is 1.27 bits per heavy atom. The maximum absolute atomic E-state index is 9.88. The summed E-state index contributed by atoms with van der Waals surface area (Å²) in [6.07, 6.45) is 3.58. The number of aromatic nitrogens is 3. The molecule has 0 amide bonds. The largest absolute Gasteiger partial charge is 0.507 e. The van der Waals surface area contributed by atoms with Crippen LogP contribution in [0, 0.1) is 12.1 Å². The number of hydrogen-bond acceptors (Lipinski definition) is 5. The molecule has 1 radical (unpaired) electrons. The molecule has 0 saturated heterocycles. The molecule has 0 aliphatic carbocycles. The molecule has 4 aromatic heterocycles. The number of hydrogen-bond donors (Lipinski definition) is 1. The van der Waals surface area contributed by atoms with Crippen LogP contribution >= 0.6 is 0 Å². The normalized spacial score (nSPS) is 10.6. The van der Waals surface area contributed by atoms with Gasteiger partial charge in [-0.25, -0.2) is 0 Å². The molecule has 5 nitrogen and oxygen atoms in total. The number of phenolic OH excluding ortho intramolecular Hbond substituents is 1. The first-order chi connectivity index (χ1) is 21.7. The van der Waals surface area contributed by atoms with Gasteiger partial charge in [0, 0.05) is 54.8 Å². The molecule has 0 atom stereocenters. The number of fused-ring (bicyclic) bond motifs is 3. The molecule has 8 aromatic rings. The predicted molar refractivity (Wildman–Crippen MR) is 175 cm³/mol. The number of pyridine rings is 3. The number of nitrogens with zero attached hydrogens (tertiary/aromatic N) is 3. The number of rotatable bonds is 4. The molecule has 0 fully saturated rings. The van der Waals surface area contributed by atoms with E-state index in [-0.39, 0.29) is 25.9 Å². The summed E-state index contributed by atoms with van der Waals surface area (Å²) < 4.78 is 6.14. The fourth-order valence-electron chi connectivity index (χ4n) is 5.09. The zero-order chi connectivity index (χ0) is 29.7. The van der Waals surface area contributed by atoms with Crippen molar-refractivity contribution < 1.29 is 29.6 Å². The van der Waals surface area contributed by atoms with Crippen LogP contribution in [0.4, 0.5) is 0 Å². The summed E-state index contributed by atoms with van der Waals surface area (Å²) in [5.74, 6) is 0.240. The summed E-state index contributed by atoms with van der Waals surface area (Å²) in [7, 11) is 0. The van der Waals surface area contributed by atoms with E-state index in [1.807, 2.05) is 109 Å². The van der Waals surface area contributed by atoms with Crippen molar-refractivity contribution in [1.82, 2.24) is 15.0 Å². The van der Waals surface area contributed by atoms with E-state index < -0.39 is 0 Å². The summed E-state index contributed by atoms with van der Waals surface area (Å²) >= 11 is 0. The predicted octanol–water partition coefficient (Wildman–Crippen LogP) is 9.43. The van der Waals surface area contributed by atoms with Crippen molar-refractivity contribution in [2.75, 3.05) is 0 Å². The molecule has 0 bridgehead atoms. The topological polar surface area (TPSA) is 72.0 Å². The van der Waals surface area contributed by atoms with Crippen LogP contribution in [-0.2, 0) is 20.1 Å². The Labute approximate surface area is 274 Å². The van der Waals surface area contributed by atoms with E-state index in [9.17, 15) is 5.11 Å². The minimum absolute atomic E-state index is 0. The molecule has 0 saturated carbocycles. The third-order valence-corrected chi connectivity index (χ3v) is 7.19. The zero-order valence-corrected chi connectivity index (χ0v) is 26.3. The van der Waals surface area contributed by atoms with Gasteiger partial charge in [-0.1, -0.05) is 77.9 Å². The van der Waals surface area contributed by atoms with Gasteiger partial charge in [-0.05, 0) is 47.5 Å². The Kier molecular flexibility index (Phi) is 8.88. The van der Waals surface area contributed by atoms with E-state index in [2.05, 4.69) is 39.2 Å². The van der Waals surface area contributed by atoms with Gasteiger partial charge in [-0.15, -0.1) is 48.0 Å². The van der Waals surface area contributed by atoms with Crippen LogP contribution in [0.3, 0.4) is 0 Å². The maximum atomic E-state index is 9.88. The minimum Gasteiger partial charge on any atom is -0.507 e. The van der Waals surface area contributed by atoms with Gasteiger partial charge in [0.2, 0.25) is 0 Å². The molecule has 0 spiro atoms. The second-order valence-corrected chi connectivity index (χ2v) is 10.0. The average molecular weight is 760 g/mol. The molecule has 6 heteroatoms. The van der Waals surface area contributed by atoms with E-state index in [4.69, 9.17) is 4.42 Å². The van der Waals surface area contributed by atoms with E-state index >= 15 is 0 Å². The van der Waals surface area contributed by atoms with E-state index in [1.54, 1.807) is 24.5 Å². The van der Waals surface area contributed by atoms with Gasteiger partial charge < -0.3 is 9.52 Å². The van der Waals surface area contributed by atoms with Crippen molar-refractivity contribution in [2.24, 2.45) is 0 Å². The number of phenols is 1. The van der Waals surface area contributed by atoms with Gasteiger partial charge >= 0.3 is 0 Å². The SMILES string of the molecule is Oc1ccccc1-c1cccc(-c2[c-]cccc2)n1.[Ir].[c-]1c(-c2ccccn2)cc2c(oc3ccccc32)c1-c1ccccn1. The molecule has 0 aliphatic rings. The second-order valence-electron chi connectivity index (χ2n) is 10.0. The van der Waals surface area contributed by atoms with Gasteiger partial charge in [-0.3, -0.25) is 15.0 Å². The molecular formula is C39H25IrN3O2-2. The van der Waals surface area contributed by atoms with E-state index in [1.165, 1.54) is 0 Å². The molecule has 45 heavy (non-hydrogen) atoms. The Morgan fingerprint density at radius 1 is 0.578 bits per heavy atom. The van der Waals surface area contributed by atoms with Crippen LogP contribution in [0.5, 0.6) is 5.75 Å². The number of aromatic hydroxyl groups is 1. The fraction of sp³-hybridized carbons (Fsp3) is 0. The second kappa shape index (κ2) is 13.5. The van der Waals surface area contributed by atoms with Crippen molar-refractivity contribution in [3.63, 3.8) is 0 Å². The van der Waals surface area contributed by atoms with Crippen molar-refractivity contribution in [1.29, 1.82) is 0 Å². The summed E-state index contributed by atoms with van der Waals surface area (Å²) in [5, 5.41) is 12.0. The van der Waals surface area contributed by atoms with E-state index in [0.717, 1.165) is 67.0 Å². The van der Waals surface area contributed by atoms with Crippen molar-refractivity contribution >= 4 is 21.9 Å². The van der Waals surface area contributed by atoms with Gasteiger partial charge in [0.15, 0.2) is 0 Å². The maximum Gasteiger partial charge on any atom is 0.124 e. The van der Waals surface area contributed by atoms with Crippen molar-refractivity contribution in [3.05, 3.63) is 158 Å². The monoisotopic (exact) mass is 760 g/mol. The minimum atomic E-state index is 0. The van der Waals surface area contributed by atoms with Crippen LogP contribution in [0.15, 0.2) is 150 Å². The first-order valence-electron chi connectivity index (χ1n) is 14.2. The Bertz CT molecular complexity index is 2180. The fourth-order valence-corrected chi connectivity index (χ4v) is 5.09. The van der Waals surface area contributed by atoms with Crippen LogP contribution < -0.4 is 0 Å². The summed E-state index contributed by atoms with van der Waals surface area (Å²) in [6, 6.07) is 49.2. The summed E-state index contributed by atoms with van der Waals surface area (Å²) in [5.41, 5.74) is 8.46. The third kappa shape index (κ3) is 6.29. The molecule has 4 aromatic carbocycles. The number of benzene rings is 4. The molecule has 0 aliphatic heterocycles. The van der Waals surface area contributed by atoms with Gasteiger partial charge in [0.25, 0.3) is 0 Å². The molecule has 4 heterocycles. The van der Waals surface area contributed by atoms with Gasteiger partial charge in [0.1, 0.15) is 11.3 Å². The molecule has 0 unspecified atom stereocenters. The zero-order valence-electron chi connectivity index (χ0n) is 23.9. The molecule has 1 N–H and O–H groups in total.